The highest BCUT2D eigenvalue weighted by Crippen LogP contribution is 2.51. The van der Waals surface area contributed by atoms with Crippen molar-refractivity contribution in [2.45, 2.75) is 12.1 Å². The molecule has 3 heterocycles. The predicted octanol–water partition coefficient (Wildman–Crippen LogP) is 4.77. The van der Waals surface area contributed by atoms with E-state index in [0.29, 0.717) is 23.0 Å². The maximum Gasteiger partial charge on any atom is 0.337 e. The van der Waals surface area contributed by atoms with Crippen molar-refractivity contribution in [3.8, 4) is 11.5 Å². The average Bonchev–Trinajstić information content (AvgIpc) is 3.40. The zero-order valence-corrected chi connectivity index (χ0v) is 19.4. The number of fused-ring (bicyclic) bond motifs is 3. The molecule has 0 saturated heterocycles. The number of esters is 1. The highest BCUT2D eigenvalue weighted by Gasteiger charge is 2.41. The van der Waals surface area contributed by atoms with Crippen molar-refractivity contribution in [1.29, 1.82) is 0 Å². The molecule has 0 saturated carbocycles. The molecule has 0 fully saturated rings. The summed E-state index contributed by atoms with van der Waals surface area (Å²) in [6, 6.07) is 18.6. The quantitative estimate of drug-likeness (QED) is 0.418. The van der Waals surface area contributed by atoms with Gasteiger partial charge in [-0.2, -0.15) is 10.1 Å². The van der Waals surface area contributed by atoms with Gasteiger partial charge in [0.05, 0.1) is 25.5 Å². The number of benzene rings is 3. The van der Waals surface area contributed by atoms with Crippen molar-refractivity contribution in [2.24, 2.45) is 0 Å². The molecular weight excluding hydrogens is 463 g/mol. The predicted molar refractivity (Wildman–Crippen MR) is 129 cm³/mol. The molecule has 0 spiro atoms. The molecule has 0 aliphatic carbocycles. The van der Waals surface area contributed by atoms with Crippen LogP contribution < -0.4 is 14.8 Å². The van der Waals surface area contributed by atoms with E-state index >= 15 is 0 Å². The Bertz CT molecular complexity index is 1500. The van der Waals surface area contributed by atoms with E-state index in [2.05, 4.69) is 15.4 Å². The fourth-order valence-corrected chi connectivity index (χ4v) is 4.73. The van der Waals surface area contributed by atoms with Crippen LogP contribution in [-0.4, -0.2) is 35.0 Å². The number of hydrogen-bond donors (Lipinski definition) is 1. The lowest BCUT2D eigenvalue weighted by molar-refractivity contribution is 0.0600. The molecule has 8 nitrogen and oxygen atoms in total. The molecule has 0 amide bonds. The molecule has 2 unspecified atom stereocenters. The smallest absolute Gasteiger partial charge is 0.337 e. The molecule has 2 atom stereocenters. The number of methoxy groups -OCH3 is 2. The Morgan fingerprint density at radius 1 is 1.03 bits per heavy atom. The Hall–Kier alpha value is -4.66. The molecule has 9 heteroatoms. The van der Waals surface area contributed by atoms with Gasteiger partial charge in [-0.1, -0.05) is 24.3 Å². The van der Waals surface area contributed by atoms with E-state index < -0.39 is 18.1 Å². The first kappa shape index (κ1) is 21.8. The third-order valence-corrected chi connectivity index (χ3v) is 6.44. The van der Waals surface area contributed by atoms with Crippen molar-refractivity contribution in [1.82, 2.24) is 14.8 Å². The van der Waals surface area contributed by atoms with Gasteiger partial charge in [0.1, 0.15) is 35.8 Å². The largest absolute Gasteiger partial charge is 0.497 e. The van der Waals surface area contributed by atoms with Gasteiger partial charge in [-0.25, -0.2) is 13.9 Å². The Kier molecular flexibility index (Phi) is 5.18. The summed E-state index contributed by atoms with van der Waals surface area (Å²) in [5.74, 6) is 1.15. The van der Waals surface area contributed by atoms with Gasteiger partial charge in [-0.3, -0.25) is 0 Å². The molecule has 0 radical (unpaired) electrons. The molecule has 6 rings (SSSR count). The second-order valence-electron chi connectivity index (χ2n) is 8.41. The van der Waals surface area contributed by atoms with E-state index in [1.54, 1.807) is 36.1 Å². The number of rotatable bonds is 4. The van der Waals surface area contributed by atoms with Crippen LogP contribution in [0.25, 0.3) is 5.70 Å². The van der Waals surface area contributed by atoms with E-state index in [0.717, 1.165) is 28.0 Å². The molecule has 1 aromatic heterocycles. The Balaban J connectivity index is 1.57. The minimum atomic E-state index is -0.535. The van der Waals surface area contributed by atoms with Gasteiger partial charge in [0.15, 0.2) is 0 Å². The minimum absolute atomic E-state index is 0.328. The molecule has 180 valence electrons. The summed E-state index contributed by atoms with van der Waals surface area (Å²) in [6.07, 6.45) is 0.942. The highest BCUT2D eigenvalue weighted by atomic mass is 19.1. The van der Waals surface area contributed by atoms with Crippen LogP contribution in [0.4, 0.5) is 10.3 Å². The summed E-state index contributed by atoms with van der Waals surface area (Å²) >= 11 is 0. The van der Waals surface area contributed by atoms with Crippen LogP contribution >= 0.6 is 0 Å². The van der Waals surface area contributed by atoms with Crippen molar-refractivity contribution in [3.63, 3.8) is 0 Å². The summed E-state index contributed by atoms with van der Waals surface area (Å²) in [7, 11) is 2.96. The van der Waals surface area contributed by atoms with E-state index in [4.69, 9.17) is 14.2 Å². The van der Waals surface area contributed by atoms with Crippen molar-refractivity contribution >= 4 is 17.6 Å². The first-order valence-electron chi connectivity index (χ1n) is 11.3. The Morgan fingerprint density at radius 3 is 2.50 bits per heavy atom. The fourth-order valence-electron chi connectivity index (χ4n) is 4.73. The van der Waals surface area contributed by atoms with Gasteiger partial charge in [-0.15, -0.1) is 0 Å². The van der Waals surface area contributed by atoms with E-state index in [9.17, 15) is 9.18 Å². The summed E-state index contributed by atoms with van der Waals surface area (Å²) < 4.78 is 32.5. The number of nitrogens with zero attached hydrogens (tertiary/aromatic N) is 3. The van der Waals surface area contributed by atoms with Crippen molar-refractivity contribution in [3.05, 3.63) is 107 Å². The standard InChI is InChI=1S/C27H21FN4O4/c1-34-19-11-12-21-20(13-19)23-22(25(36-21)16-3-5-17(6-4-16)26(33)35-2)24(15-7-9-18(28)10-8-15)32-27(31-23)29-14-30-32/h3-14,24-25H,1-2H3,(H,29,30,31). The molecule has 2 aliphatic heterocycles. The van der Waals surface area contributed by atoms with Gasteiger partial charge in [-0.05, 0) is 53.6 Å². The van der Waals surface area contributed by atoms with Crippen LogP contribution in [0.3, 0.4) is 0 Å². The van der Waals surface area contributed by atoms with Crippen LogP contribution in [0, 0.1) is 5.82 Å². The van der Waals surface area contributed by atoms with E-state index in [1.807, 2.05) is 30.3 Å². The number of halogens is 1. The van der Waals surface area contributed by atoms with Gasteiger partial charge >= 0.3 is 5.97 Å². The van der Waals surface area contributed by atoms with Gasteiger partial charge < -0.3 is 19.5 Å². The molecule has 4 aromatic rings. The monoisotopic (exact) mass is 484 g/mol. The lowest BCUT2D eigenvalue weighted by atomic mass is 9.84. The zero-order chi connectivity index (χ0) is 24.8. The highest BCUT2D eigenvalue weighted by molar-refractivity contribution is 5.89. The van der Waals surface area contributed by atoms with Gasteiger partial charge in [0.2, 0.25) is 5.95 Å². The molecular formula is C27H21FN4O4. The number of nitrogens with one attached hydrogen (secondary N) is 1. The van der Waals surface area contributed by atoms with Crippen molar-refractivity contribution in [2.75, 3.05) is 19.5 Å². The molecule has 36 heavy (non-hydrogen) atoms. The summed E-state index contributed by atoms with van der Waals surface area (Å²) in [5.41, 5.74) is 4.58. The molecule has 3 aromatic carbocycles. The topological polar surface area (TPSA) is 87.5 Å². The number of hydrogen-bond acceptors (Lipinski definition) is 7. The number of carbonyl (C=O) groups excluding carboxylic acids is 1. The van der Waals surface area contributed by atoms with Crippen LogP contribution in [-0.2, 0) is 4.74 Å². The average molecular weight is 484 g/mol. The third kappa shape index (κ3) is 3.48. The SMILES string of the molecule is COC(=O)c1ccc(C2Oc3ccc(OC)cc3C3=C2C(c2ccc(F)cc2)n2ncnc2N3)cc1. The van der Waals surface area contributed by atoms with Crippen LogP contribution in [0.2, 0.25) is 0 Å². The van der Waals surface area contributed by atoms with Crippen LogP contribution in [0.5, 0.6) is 11.5 Å². The molecule has 1 N–H and O–H groups in total. The number of aromatic nitrogens is 3. The number of anilines is 1. The first-order valence-corrected chi connectivity index (χ1v) is 11.3. The first-order chi connectivity index (χ1) is 17.6. The lowest BCUT2D eigenvalue weighted by Gasteiger charge is -2.39. The minimum Gasteiger partial charge on any atom is -0.497 e. The van der Waals surface area contributed by atoms with E-state index in [1.165, 1.54) is 25.6 Å². The molecule has 0 bridgehead atoms. The van der Waals surface area contributed by atoms with Crippen LogP contribution in [0.1, 0.15) is 39.2 Å². The fraction of sp³-hybridized carbons (Fsp3) is 0.148. The number of ether oxygens (including phenoxy) is 3. The Labute approximate surface area is 206 Å². The summed E-state index contributed by atoms with van der Waals surface area (Å²) in [5, 5.41) is 7.89. The zero-order valence-electron chi connectivity index (χ0n) is 19.4. The summed E-state index contributed by atoms with van der Waals surface area (Å²) in [4.78, 5) is 16.4. The maximum absolute atomic E-state index is 13.8. The van der Waals surface area contributed by atoms with Crippen molar-refractivity contribution < 1.29 is 23.4 Å². The van der Waals surface area contributed by atoms with Gasteiger partial charge in [0.25, 0.3) is 0 Å². The van der Waals surface area contributed by atoms with Crippen LogP contribution in [0.15, 0.2) is 78.6 Å². The van der Waals surface area contributed by atoms with Gasteiger partial charge in [0, 0.05) is 11.1 Å². The Morgan fingerprint density at radius 2 is 1.78 bits per heavy atom. The summed E-state index contributed by atoms with van der Waals surface area (Å²) in [6.45, 7) is 0. The second kappa shape index (κ2) is 8.53. The lowest BCUT2D eigenvalue weighted by Crippen LogP contribution is -2.32. The normalized spacial score (nSPS) is 17.8. The third-order valence-electron chi connectivity index (χ3n) is 6.44. The second-order valence-corrected chi connectivity index (χ2v) is 8.41. The maximum atomic E-state index is 13.8. The van der Waals surface area contributed by atoms with E-state index in [-0.39, 0.29) is 5.82 Å². The number of carbonyl (C=O) groups is 1. The molecule has 2 aliphatic rings.